The first kappa shape index (κ1) is 13.4. The van der Waals surface area contributed by atoms with E-state index in [0.29, 0.717) is 0 Å². The molecule has 0 atom stereocenters. The van der Waals surface area contributed by atoms with Crippen molar-refractivity contribution in [2.45, 2.75) is 20.8 Å². The molecule has 6 heteroatoms. The summed E-state index contributed by atoms with van der Waals surface area (Å²) in [5, 5.41) is 0. The molecule has 0 N–H and O–H groups in total. The lowest BCUT2D eigenvalue weighted by molar-refractivity contribution is -0.136. The molecule has 82 valence electrons. The summed E-state index contributed by atoms with van der Waals surface area (Å²) in [7, 11) is -3.50. The molecule has 0 aliphatic heterocycles. The second-order valence-electron chi connectivity index (χ2n) is 2.32. The molecule has 0 aliphatic carbocycles. The van der Waals surface area contributed by atoms with Gasteiger partial charge >= 0.3 is 13.6 Å². The number of carbonyl (C=O) groups excluding carboxylic acids is 1. The summed E-state index contributed by atoms with van der Waals surface area (Å²) in [6, 6.07) is 0. The summed E-state index contributed by atoms with van der Waals surface area (Å²) < 4.78 is 26.2. The normalized spacial score (nSPS) is 11.1. The highest BCUT2D eigenvalue weighted by Gasteiger charge is 2.30. The molecular formula is C8H15O5P. The molecule has 0 aromatic rings. The molecule has 0 aliphatic rings. The van der Waals surface area contributed by atoms with Gasteiger partial charge in [-0.1, -0.05) is 0 Å². The molecule has 0 radical (unpaired) electrons. The van der Waals surface area contributed by atoms with Crippen molar-refractivity contribution in [1.29, 1.82) is 0 Å². The van der Waals surface area contributed by atoms with E-state index in [1.165, 1.54) is 6.92 Å². The van der Waals surface area contributed by atoms with Crippen LogP contribution in [0.5, 0.6) is 0 Å². The maximum atomic E-state index is 11.8. The SMILES string of the molecule is C=C(OC(C)=O)P(=O)(OCC)OCC. The first-order valence-electron chi connectivity index (χ1n) is 4.23. The van der Waals surface area contributed by atoms with Gasteiger partial charge in [0, 0.05) is 6.92 Å². The highest BCUT2D eigenvalue weighted by molar-refractivity contribution is 7.58. The largest absolute Gasteiger partial charge is 0.419 e. The first-order chi connectivity index (χ1) is 6.46. The summed E-state index contributed by atoms with van der Waals surface area (Å²) in [4.78, 5) is 10.6. The van der Waals surface area contributed by atoms with Gasteiger partial charge in [-0.25, -0.2) is 0 Å². The van der Waals surface area contributed by atoms with Crippen molar-refractivity contribution in [2.75, 3.05) is 13.2 Å². The Bertz CT molecular complexity index is 250. The van der Waals surface area contributed by atoms with E-state index in [1.807, 2.05) is 0 Å². The van der Waals surface area contributed by atoms with Crippen LogP contribution >= 0.6 is 7.60 Å². The Morgan fingerprint density at radius 1 is 1.29 bits per heavy atom. The lowest BCUT2D eigenvalue weighted by Crippen LogP contribution is -2.04. The van der Waals surface area contributed by atoms with Gasteiger partial charge in [-0.2, -0.15) is 0 Å². The predicted octanol–water partition coefficient (Wildman–Crippen LogP) is 2.29. The minimum Gasteiger partial charge on any atom is -0.419 e. The highest BCUT2D eigenvalue weighted by Crippen LogP contribution is 2.55. The Balaban J connectivity index is 4.55. The van der Waals surface area contributed by atoms with Gasteiger partial charge in [-0.15, -0.1) is 0 Å². The standard InChI is InChI=1S/C8H15O5P/c1-5-11-14(10,12-6-2)8(4)13-7(3)9/h4-6H2,1-3H3. The average Bonchev–Trinajstić information content (AvgIpc) is 2.03. The zero-order valence-corrected chi connectivity index (χ0v) is 9.50. The minimum atomic E-state index is -3.50. The molecular weight excluding hydrogens is 207 g/mol. The quantitative estimate of drug-likeness (QED) is 0.392. The number of rotatable bonds is 6. The van der Waals surface area contributed by atoms with E-state index in [1.54, 1.807) is 13.8 Å². The van der Waals surface area contributed by atoms with Gasteiger partial charge in [-0.05, 0) is 20.4 Å². The van der Waals surface area contributed by atoms with Gasteiger partial charge < -0.3 is 13.8 Å². The number of carbonyl (C=O) groups is 1. The van der Waals surface area contributed by atoms with Crippen LogP contribution in [0.1, 0.15) is 20.8 Å². The monoisotopic (exact) mass is 222 g/mol. The molecule has 0 unspecified atom stereocenters. The molecule has 0 rings (SSSR count). The highest BCUT2D eigenvalue weighted by atomic mass is 31.2. The van der Waals surface area contributed by atoms with Crippen molar-refractivity contribution in [3.05, 3.63) is 12.1 Å². The number of hydrogen-bond donors (Lipinski definition) is 0. The summed E-state index contributed by atoms with van der Waals surface area (Å²) in [6.07, 6.45) is 0. The third-order valence-corrected chi connectivity index (χ3v) is 3.06. The van der Waals surface area contributed by atoms with E-state index in [9.17, 15) is 9.36 Å². The fourth-order valence-corrected chi connectivity index (χ4v) is 2.03. The fraction of sp³-hybridized carbons (Fsp3) is 0.625. The number of hydrogen-bond acceptors (Lipinski definition) is 5. The molecule has 0 aromatic heterocycles. The Labute approximate surface area is 83.6 Å². The smallest absolute Gasteiger partial charge is 0.395 e. The fourth-order valence-electron chi connectivity index (χ4n) is 0.743. The van der Waals surface area contributed by atoms with Crippen molar-refractivity contribution in [2.24, 2.45) is 0 Å². The van der Waals surface area contributed by atoms with E-state index in [-0.39, 0.29) is 18.7 Å². The summed E-state index contributed by atoms with van der Waals surface area (Å²) in [6.45, 7) is 8.24. The number of ether oxygens (including phenoxy) is 1. The van der Waals surface area contributed by atoms with E-state index in [2.05, 4.69) is 11.3 Å². The summed E-state index contributed by atoms with van der Waals surface area (Å²) in [5.74, 6) is -0.602. The van der Waals surface area contributed by atoms with Gasteiger partial charge in [0.25, 0.3) is 0 Å². The van der Waals surface area contributed by atoms with Gasteiger partial charge in [0.1, 0.15) is 0 Å². The van der Waals surface area contributed by atoms with Crippen LogP contribution in [-0.4, -0.2) is 19.2 Å². The molecule has 0 bridgehead atoms. The molecule has 0 heterocycles. The second kappa shape index (κ2) is 5.96. The van der Waals surface area contributed by atoms with Crippen LogP contribution < -0.4 is 0 Å². The Morgan fingerprint density at radius 3 is 2.00 bits per heavy atom. The summed E-state index contributed by atoms with van der Waals surface area (Å²) >= 11 is 0. The molecule has 0 saturated heterocycles. The van der Waals surface area contributed by atoms with Crippen molar-refractivity contribution in [1.82, 2.24) is 0 Å². The van der Waals surface area contributed by atoms with Crippen molar-refractivity contribution in [3.63, 3.8) is 0 Å². The van der Waals surface area contributed by atoms with Crippen LogP contribution in [-0.2, 0) is 23.1 Å². The third kappa shape index (κ3) is 4.05. The van der Waals surface area contributed by atoms with Crippen LogP contribution in [0.25, 0.3) is 0 Å². The van der Waals surface area contributed by atoms with Crippen LogP contribution in [0.15, 0.2) is 12.1 Å². The molecule has 0 fully saturated rings. The average molecular weight is 222 g/mol. The van der Waals surface area contributed by atoms with E-state index >= 15 is 0 Å². The Morgan fingerprint density at radius 2 is 1.71 bits per heavy atom. The molecule has 0 amide bonds. The molecule has 5 nitrogen and oxygen atoms in total. The van der Waals surface area contributed by atoms with Crippen molar-refractivity contribution in [3.8, 4) is 0 Å². The van der Waals surface area contributed by atoms with Crippen LogP contribution in [0, 0.1) is 0 Å². The molecule has 14 heavy (non-hydrogen) atoms. The zero-order valence-electron chi connectivity index (χ0n) is 8.61. The van der Waals surface area contributed by atoms with Crippen LogP contribution in [0.2, 0.25) is 0 Å². The van der Waals surface area contributed by atoms with E-state index in [4.69, 9.17) is 9.05 Å². The third-order valence-electron chi connectivity index (χ3n) is 1.17. The lowest BCUT2D eigenvalue weighted by Gasteiger charge is -2.17. The zero-order chi connectivity index (χ0) is 11.2. The Hall–Kier alpha value is -0.640. The van der Waals surface area contributed by atoms with Crippen molar-refractivity contribution < 1.29 is 23.1 Å². The molecule has 0 aromatic carbocycles. The topological polar surface area (TPSA) is 61.8 Å². The number of esters is 1. The van der Waals surface area contributed by atoms with Gasteiger partial charge in [0.2, 0.25) is 5.50 Å². The summed E-state index contributed by atoms with van der Waals surface area (Å²) in [5.41, 5.74) is -0.270. The predicted molar refractivity (Wildman–Crippen MR) is 51.8 cm³/mol. The van der Waals surface area contributed by atoms with Gasteiger partial charge in [-0.3, -0.25) is 9.36 Å². The maximum absolute atomic E-state index is 11.8. The van der Waals surface area contributed by atoms with E-state index in [0.717, 1.165) is 0 Å². The van der Waals surface area contributed by atoms with Crippen molar-refractivity contribution >= 4 is 13.6 Å². The van der Waals surface area contributed by atoms with Crippen LogP contribution in [0.3, 0.4) is 0 Å². The second-order valence-corrected chi connectivity index (χ2v) is 4.33. The van der Waals surface area contributed by atoms with Gasteiger partial charge in [0.05, 0.1) is 13.2 Å². The van der Waals surface area contributed by atoms with E-state index < -0.39 is 13.6 Å². The Kier molecular flexibility index (Phi) is 5.69. The maximum Gasteiger partial charge on any atom is 0.395 e. The minimum absolute atomic E-state index is 0.192. The lowest BCUT2D eigenvalue weighted by atomic mass is 10.8. The molecule has 0 saturated carbocycles. The van der Waals surface area contributed by atoms with Crippen LogP contribution in [0.4, 0.5) is 0 Å². The van der Waals surface area contributed by atoms with Gasteiger partial charge in [0.15, 0.2) is 0 Å². The first-order valence-corrected chi connectivity index (χ1v) is 5.77. The molecule has 0 spiro atoms.